The number of hydrogen-bond donors (Lipinski definition) is 3. The highest BCUT2D eigenvalue weighted by molar-refractivity contribution is 7.84. The van der Waals surface area contributed by atoms with Crippen molar-refractivity contribution in [2.24, 2.45) is 0 Å². The molecule has 110 valence electrons. The first-order valence-electron chi connectivity index (χ1n) is 6.45. The van der Waals surface area contributed by atoms with E-state index < -0.39 is 22.3 Å². The standard InChI is InChI=1S/C12H22N2O4S/c1-9(19(2)18)8-13-11(17)14-12(7-10(15)16)5-3-4-6-12/h9H,3-8H2,1-2H3,(H,15,16)(H2,13,14,17). The maximum Gasteiger partial charge on any atom is 0.315 e. The Labute approximate surface area is 115 Å². The molecule has 1 aliphatic carbocycles. The summed E-state index contributed by atoms with van der Waals surface area (Å²) in [5, 5.41) is 14.3. The Kier molecular flexibility index (Phi) is 5.78. The fourth-order valence-corrected chi connectivity index (χ4v) is 2.64. The molecule has 6 nitrogen and oxygen atoms in total. The zero-order valence-electron chi connectivity index (χ0n) is 11.4. The van der Waals surface area contributed by atoms with E-state index in [0.717, 1.165) is 12.8 Å². The fraction of sp³-hybridized carbons (Fsp3) is 0.833. The summed E-state index contributed by atoms with van der Waals surface area (Å²) in [6.45, 7) is 2.11. The Hall–Kier alpha value is -1.11. The van der Waals surface area contributed by atoms with Gasteiger partial charge in [0.1, 0.15) is 0 Å². The third-order valence-corrected chi connectivity index (χ3v) is 4.85. The van der Waals surface area contributed by atoms with E-state index in [-0.39, 0.29) is 17.7 Å². The molecule has 1 saturated carbocycles. The lowest BCUT2D eigenvalue weighted by atomic mass is 9.93. The first kappa shape index (κ1) is 15.9. The van der Waals surface area contributed by atoms with Gasteiger partial charge in [-0.15, -0.1) is 0 Å². The molecule has 3 N–H and O–H groups in total. The molecule has 0 radical (unpaired) electrons. The average Bonchev–Trinajstić information content (AvgIpc) is 2.72. The predicted molar refractivity (Wildman–Crippen MR) is 73.5 cm³/mol. The summed E-state index contributed by atoms with van der Waals surface area (Å²) in [5.41, 5.74) is -0.621. The van der Waals surface area contributed by atoms with E-state index >= 15 is 0 Å². The SMILES string of the molecule is CC(CNC(=O)NC1(CC(=O)O)CCCC1)S(C)=O. The van der Waals surface area contributed by atoms with Gasteiger partial charge in [0.05, 0.1) is 12.0 Å². The third kappa shape index (κ3) is 5.18. The lowest BCUT2D eigenvalue weighted by Gasteiger charge is -2.28. The smallest absolute Gasteiger partial charge is 0.315 e. The summed E-state index contributed by atoms with van der Waals surface area (Å²) < 4.78 is 11.2. The molecule has 0 bridgehead atoms. The number of nitrogens with one attached hydrogen (secondary N) is 2. The van der Waals surface area contributed by atoms with Crippen LogP contribution in [0.4, 0.5) is 4.79 Å². The second-order valence-electron chi connectivity index (χ2n) is 5.20. The van der Waals surface area contributed by atoms with E-state index in [1.54, 1.807) is 13.2 Å². The number of aliphatic carboxylic acids is 1. The highest BCUT2D eigenvalue weighted by Crippen LogP contribution is 2.32. The molecule has 19 heavy (non-hydrogen) atoms. The number of rotatable bonds is 6. The van der Waals surface area contributed by atoms with E-state index in [2.05, 4.69) is 10.6 Å². The van der Waals surface area contributed by atoms with Gasteiger partial charge in [0.25, 0.3) is 0 Å². The van der Waals surface area contributed by atoms with Crippen molar-refractivity contribution in [2.45, 2.75) is 49.8 Å². The van der Waals surface area contributed by atoms with Crippen LogP contribution in [-0.2, 0) is 15.6 Å². The Balaban J connectivity index is 2.48. The monoisotopic (exact) mass is 290 g/mol. The van der Waals surface area contributed by atoms with Crippen LogP contribution >= 0.6 is 0 Å². The molecule has 1 rings (SSSR count). The molecule has 0 aliphatic heterocycles. The van der Waals surface area contributed by atoms with Crippen molar-refractivity contribution in [3.63, 3.8) is 0 Å². The number of urea groups is 1. The molecule has 1 aliphatic rings. The van der Waals surface area contributed by atoms with Crippen LogP contribution in [0.5, 0.6) is 0 Å². The molecule has 0 heterocycles. The molecule has 0 aromatic heterocycles. The van der Waals surface area contributed by atoms with Crippen LogP contribution in [0.3, 0.4) is 0 Å². The fourth-order valence-electron chi connectivity index (χ4n) is 2.33. The van der Waals surface area contributed by atoms with Gasteiger partial charge in [-0.2, -0.15) is 0 Å². The summed E-state index contributed by atoms with van der Waals surface area (Å²) in [5.74, 6) is -0.898. The van der Waals surface area contributed by atoms with Crippen molar-refractivity contribution < 1.29 is 18.9 Å². The molecule has 0 aromatic rings. The molecular formula is C12H22N2O4S. The van der Waals surface area contributed by atoms with E-state index in [4.69, 9.17) is 5.11 Å². The minimum atomic E-state index is -0.987. The van der Waals surface area contributed by atoms with E-state index in [9.17, 15) is 13.8 Å². The van der Waals surface area contributed by atoms with Gasteiger partial charge in [-0.25, -0.2) is 4.79 Å². The second kappa shape index (κ2) is 6.88. The molecule has 0 spiro atoms. The van der Waals surface area contributed by atoms with Gasteiger partial charge >= 0.3 is 12.0 Å². The Morgan fingerprint density at radius 2 is 1.95 bits per heavy atom. The van der Waals surface area contributed by atoms with E-state index in [0.29, 0.717) is 19.4 Å². The number of carbonyl (C=O) groups excluding carboxylic acids is 1. The molecule has 1 fully saturated rings. The van der Waals surface area contributed by atoms with Crippen molar-refractivity contribution in [1.82, 2.24) is 10.6 Å². The van der Waals surface area contributed by atoms with Crippen molar-refractivity contribution in [3.8, 4) is 0 Å². The predicted octanol–water partition coefficient (Wildman–Crippen LogP) is 0.840. The van der Waals surface area contributed by atoms with Crippen LogP contribution < -0.4 is 10.6 Å². The van der Waals surface area contributed by atoms with Gasteiger partial charge in [0, 0.05) is 28.9 Å². The van der Waals surface area contributed by atoms with Crippen LogP contribution in [0.1, 0.15) is 39.0 Å². The van der Waals surface area contributed by atoms with Crippen molar-refractivity contribution in [1.29, 1.82) is 0 Å². The van der Waals surface area contributed by atoms with Gasteiger partial charge < -0.3 is 15.7 Å². The third-order valence-electron chi connectivity index (χ3n) is 3.55. The Morgan fingerprint density at radius 3 is 2.42 bits per heavy atom. The molecule has 2 unspecified atom stereocenters. The molecule has 0 saturated heterocycles. The number of carboxylic acid groups (broad SMARTS) is 1. The maximum atomic E-state index is 11.8. The van der Waals surface area contributed by atoms with Gasteiger partial charge in [-0.1, -0.05) is 12.8 Å². The Bertz CT molecular complexity index is 367. The van der Waals surface area contributed by atoms with Crippen LogP contribution in [-0.4, -0.2) is 44.9 Å². The molecule has 7 heteroatoms. The summed E-state index contributed by atoms with van der Waals surface area (Å²) in [6, 6.07) is -0.375. The number of amides is 2. The van der Waals surface area contributed by atoms with Crippen LogP contribution in [0.15, 0.2) is 0 Å². The first-order chi connectivity index (χ1) is 8.84. The summed E-state index contributed by atoms with van der Waals surface area (Å²) in [6.07, 6.45) is 4.80. The molecular weight excluding hydrogens is 268 g/mol. The topological polar surface area (TPSA) is 95.5 Å². The zero-order valence-corrected chi connectivity index (χ0v) is 12.2. The van der Waals surface area contributed by atoms with Crippen LogP contribution in [0.25, 0.3) is 0 Å². The largest absolute Gasteiger partial charge is 0.481 e. The first-order valence-corrected chi connectivity index (χ1v) is 8.07. The van der Waals surface area contributed by atoms with E-state index in [1.807, 2.05) is 0 Å². The second-order valence-corrected chi connectivity index (χ2v) is 7.00. The lowest BCUT2D eigenvalue weighted by Crippen LogP contribution is -2.52. The molecule has 2 atom stereocenters. The summed E-state index contributed by atoms with van der Waals surface area (Å²) in [7, 11) is -0.987. The van der Waals surface area contributed by atoms with Crippen LogP contribution in [0, 0.1) is 0 Å². The van der Waals surface area contributed by atoms with Crippen molar-refractivity contribution in [2.75, 3.05) is 12.8 Å². The average molecular weight is 290 g/mol. The molecule has 0 aromatic carbocycles. The zero-order chi connectivity index (χ0) is 14.5. The summed E-state index contributed by atoms with van der Waals surface area (Å²) in [4.78, 5) is 22.7. The highest BCUT2D eigenvalue weighted by atomic mass is 32.2. The van der Waals surface area contributed by atoms with Gasteiger partial charge in [0.2, 0.25) is 0 Å². The number of carbonyl (C=O) groups is 2. The quantitative estimate of drug-likeness (QED) is 0.675. The lowest BCUT2D eigenvalue weighted by molar-refractivity contribution is -0.138. The minimum Gasteiger partial charge on any atom is -0.481 e. The van der Waals surface area contributed by atoms with Gasteiger partial charge in [-0.3, -0.25) is 9.00 Å². The van der Waals surface area contributed by atoms with Crippen molar-refractivity contribution in [3.05, 3.63) is 0 Å². The van der Waals surface area contributed by atoms with Crippen molar-refractivity contribution >= 4 is 22.8 Å². The number of carboxylic acids is 1. The number of hydrogen-bond acceptors (Lipinski definition) is 3. The van der Waals surface area contributed by atoms with E-state index in [1.165, 1.54) is 0 Å². The minimum absolute atomic E-state index is 0.0460. The highest BCUT2D eigenvalue weighted by Gasteiger charge is 2.37. The summed E-state index contributed by atoms with van der Waals surface area (Å²) >= 11 is 0. The molecule has 2 amide bonds. The van der Waals surface area contributed by atoms with Gasteiger partial charge in [-0.05, 0) is 19.8 Å². The van der Waals surface area contributed by atoms with Crippen LogP contribution in [0.2, 0.25) is 0 Å². The van der Waals surface area contributed by atoms with Gasteiger partial charge in [0.15, 0.2) is 0 Å². The normalized spacial score (nSPS) is 20.5. The maximum absolute atomic E-state index is 11.8. The Morgan fingerprint density at radius 1 is 1.37 bits per heavy atom.